The largest absolute Gasteiger partial charge is 0.324 e. The van der Waals surface area contributed by atoms with E-state index < -0.39 is 17.6 Å². The lowest BCUT2D eigenvalue weighted by molar-refractivity contribution is -0.126. The Hall–Kier alpha value is -3.30. The fraction of sp³-hybridized carbons (Fsp3) is 0.100. The van der Waals surface area contributed by atoms with E-state index in [-0.39, 0.29) is 0 Å². The number of hydrogen-bond acceptors (Lipinski definition) is 5. The van der Waals surface area contributed by atoms with Gasteiger partial charge in [0.05, 0.1) is 16.8 Å². The van der Waals surface area contributed by atoms with Crippen LogP contribution in [0.1, 0.15) is 10.7 Å². The third-order valence-electron chi connectivity index (χ3n) is 3.78. The number of amides is 1. The smallest absolute Gasteiger partial charge is 0.249 e. The summed E-state index contributed by atoms with van der Waals surface area (Å²) < 4.78 is 0. The lowest BCUT2D eigenvalue weighted by Gasteiger charge is -2.10. The molecule has 0 bridgehead atoms. The summed E-state index contributed by atoms with van der Waals surface area (Å²) in [5.41, 5.74) is 1.20. The standard InChI is InChI=1S/C20H15N3O2S/c1-13-22-15(12-26-13)9-10-19(24)17(11-21)20(25)23-18-8-4-6-14-5-2-3-7-16(14)18/h2-10,12,17H,1H3,(H,23,25). The van der Waals surface area contributed by atoms with Crippen molar-refractivity contribution in [2.24, 2.45) is 5.92 Å². The van der Waals surface area contributed by atoms with Crippen LogP contribution in [-0.4, -0.2) is 16.7 Å². The van der Waals surface area contributed by atoms with E-state index in [1.807, 2.05) is 43.3 Å². The van der Waals surface area contributed by atoms with Gasteiger partial charge in [-0.15, -0.1) is 11.3 Å². The van der Waals surface area contributed by atoms with E-state index in [0.29, 0.717) is 11.4 Å². The van der Waals surface area contributed by atoms with Crippen LogP contribution in [-0.2, 0) is 9.59 Å². The second kappa shape index (κ2) is 7.72. The molecule has 1 atom stereocenters. The Kier molecular flexibility index (Phi) is 5.20. The number of aromatic nitrogens is 1. The van der Waals surface area contributed by atoms with Crippen molar-refractivity contribution in [2.75, 3.05) is 5.32 Å². The number of ketones is 1. The van der Waals surface area contributed by atoms with Crippen LogP contribution >= 0.6 is 11.3 Å². The van der Waals surface area contributed by atoms with Crippen LogP contribution in [0.5, 0.6) is 0 Å². The minimum absolute atomic E-state index is 0.570. The summed E-state index contributed by atoms with van der Waals surface area (Å²) in [4.78, 5) is 28.9. The quantitative estimate of drug-likeness (QED) is 0.551. The number of rotatable bonds is 5. The SMILES string of the molecule is Cc1nc(C=CC(=O)C(C#N)C(=O)Nc2cccc3ccccc23)cs1. The van der Waals surface area contributed by atoms with Gasteiger partial charge in [-0.05, 0) is 30.5 Å². The number of nitrogens with one attached hydrogen (secondary N) is 1. The van der Waals surface area contributed by atoms with Gasteiger partial charge in [-0.25, -0.2) is 4.98 Å². The van der Waals surface area contributed by atoms with Crippen LogP contribution in [0.2, 0.25) is 0 Å². The molecule has 0 aliphatic carbocycles. The van der Waals surface area contributed by atoms with E-state index >= 15 is 0 Å². The summed E-state index contributed by atoms with van der Waals surface area (Å²) in [6, 6.07) is 14.8. The normalized spacial score (nSPS) is 12.0. The molecule has 5 nitrogen and oxygen atoms in total. The molecule has 3 aromatic rings. The number of benzene rings is 2. The molecule has 2 aromatic carbocycles. The Morgan fingerprint density at radius 1 is 1.23 bits per heavy atom. The Labute approximate surface area is 154 Å². The molecule has 1 heterocycles. The van der Waals surface area contributed by atoms with Crippen LogP contribution in [0.25, 0.3) is 16.8 Å². The third kappa shape index (κ3) is 3.85. The van der Waals surface area contributed by atoms with E-state index in [2.05, 4.69) is 10.3 Å². The number of aryl methyl sites for hydroxylation is 1. The van der Waals surface area contributed by atoms with Crippen molar-refractivity contribution < 1.29 is 9.59 Å². The molecule has 0 fully saturated rings. The molecule has 0 aliphatic rings. The molecular formula is C20H15N3O2S. The highest BCUT2D eigenvalue weighted by molar-refractivity contribution is 7.09. The van der Waals surface area contributed by atoms with Gasteiger partial charge >= 0.3 is 0 Å². The second-order valence-corrected chi connectivity index (χ2v) is 6.67. The summed E-state index contributed by atoms with van der Waals surface area (Å²) in [5.74, 6) is -2.63. The second-order valence-electron chi connectivity index (χ2n) is 5.61. The minimum Gasteiger partial charge on any atom is -0.324 e. The Balaban J connectivity index is 1.77. The number of carbonyl (C=O) groups excluding carboxylic acids is 2. The number of fused-ring (bicyclic) bond motifs is 1. The molecule has 1 unspecified atom stereocenters. The maximum absolute atomic E-state index is 12.4. The van der Waals surface area contributed by atoms with Crippen molar-refractivity contribution in [2.45, 2.75) is 6.92 Å². The zero-order valence-electron chi connectivity index (χ0n) is 14.0. The van der Waals surface area contributed by atoms with Gasteiger partial charge in [-0.2, -0.15) is 5.26 Å². The number of carbonyl (C=O) groups is 2. The first-order valence-electron chi connectivity index (χ1n) is 7.91. The molecule has 0 spiro atoms. The highest BCUT2D eigenvalue weighted by Crippen LogP contribution is 2.23. The molecule has 3 rings (SSSR count). The van der Waals surface area contributed by atoms with Gasteiger partial charge in [-0.1, -0.05) is 36.4 Å². The van der Waals surface area contributed by atoms with Crippen molar-refractivity contribution >= 4 is 45.6 Å². The van der Waals surface area contributed by atoms with Crippen molar-refractivity contribution in [3.8, 4) is 6.07 Å². The van der Waals surface area contributed by atoms with Crippen LogP contribution < -0.4 is 5.32 Å². The zero-order chi connectivity index (χ0) is 18.5. The lowest BCUT2D eigenvalue weighted by Crippen LogP contribution is -2.27. The molecule has 6 heteroatoms. The highest BCUT2D eigenvalue weighted by atomic mass is 32.1. The average Bonchev–Trinajstić information content (AvgIpc) is 3.06. The number of nitriles is 1. The van der Waals surface area contributed by atoms with Gasteiger partial charge in [-0.3, -0.25) is 9.59 Å². The van der Waals surface area contributed by atoms with E-state index in [1.54, 1.807) is 17.5 Å². The van der Waals surface area contributed by atoms with Gasteiger partial charge in [0, 0.05) is 16.5 Å². The van der Waals surface area contributed by atoms with Crippen molar-refractivity contribution in [1.29, 1.82) is 5.26 Å². The van der Waals surface area contributed by atoms with Crippen molar-refractivity contribution in [3.05, 3.63) is 64.6 Å². The first-order chi connectivity index (χ1) is 12.6. The minimum atomic E-state index is -1.41. The molecule has 128 valence electrons. The maximum Gasteiger partial charge on any atom is 0.249 e. The number of thiazole rings is 1. The number of allylic oxidation sites excluding steroid dienone is 1. The lowest BCUT2D eigenvalue weighted by atomic mass is 10.0. The third-order valence-corrected chi connectivity index (χ3v) is 4.57. The molecule has 0 radical (unpaired) electrons. The summed E-state index contributed by atoms with van der Waals surface area (Å²) in [6.45, 7) is 1.86. The Bertz CT molecular complexity index is 1040. The highest BCUT2D eigenvalue weighted by Gasteiger charge is 2.25. The Morgan fingerprint density at radius 3 is 2.73 bits per heavy atom. The number of nitrogens with zero attached hydrogens (tertiary/aromatic N) is 2. The first kappa shape index (κ1) is 17.5. The number of hydrogen-bond donors (Lipinski definition) is 1. The predicted octanol–water partition coefficient (Wildman–Crippen LogP) is 3.97. The van der Waals surface area contributed by atoms with Crippen LogP contribution in [0.3, 0.4) is 0 Å². The molecule has 1 amide bonds. The maximum atomic E-state index is 12.4. The van der Waals surface area contributed by atoms with E-state index in [9.17, 15) is 14.9 Å². The van der Waals surface area contributed by atoms with E-state index in [4.69, 9.17) is 0 Å². The molecule has 0 saturated heterocycles. The van der Waals surface area contributed by atoms with Crippen LogP contribution in [0.4, 0.5) is 5.69 Å². The summed E-state index contributed by atoms with van der Waals surface area (Å²) in [7, 11) is 0. The predicted molar refractivity (Wildman–Crippen MR) is 103 cm³/mol. The van der Waals surface area contributed by atoms with Gasteiger partial charge in [0.25, 0.3) is 0 Å². The monoisotopic (exact) mass is 361 g/mol. The molecular weight excluding hydrogens is 346 g/mol. The molecule has 26 heavy (non-hydrogen) atoms. The molecule has 0 saturated carbocycles. The fourth-order valence-electron chi connectivity index (χ4n) is 2.51. The fourth-order valence-corrected chi connectivity index (χ4v) is 3.09. The van der Waals surface area contributed by atoms with Gasteiger partial charge in [0.15, 0.2) is 11.7 Å². The van der Waals surface area contributed by atoms with Crippen LogP contribution in [0, 0.1) is 24.2 Å². The van der Waals surface area contributed by atoms with E-state index in [1.165, 1.54) is 23.5 Å². The summed E-state index contributed by atoms with van der Waals surface area (Å²) in [5, 5.41) is 16.5. The Morgan fingerprint density at radius 2 is 2.00 bits per heavy atom. The molecule has 1 N–H and O–H groups in total. The van der Waals surface area contributed by atoms with Gasteiger partial charge in [0.1, 0.15) is 0 Å². The first-order valence-corrected chi connectivity index (χ1v) is 8.79. The van der Waals surface area contributed by atoms with E-state index in [0.717, 1.165) is 15.8 Å². The summed E-state index contributed by atoms with van der Waals surface area (Å²) >= 11 is 1.46. The number of anilines is 1. The van der Waals surface area contributed by atoms with Crippen molar-refractivity contribution in [1.82, 2.24) is 4.98 Å². The van der Waals surface area contributed by atoms with Crippen molar-refractivity contribution in [3.63, 3.8) is 0 Å². The van der Waals surface area contributed by atoms with Gasteiger partial charge in [0.2, 0.25) is 5.91 Å². The van der Waals surface area contributed by atoms with Crippen LogP contribution in [0.15, 0.2) is 53.9 Å². The average molecular weight is 361 g/mol. The zero-order valence-corrected chi connectivity index (χ0v) is 14.8. The molecule has 0 aliphatic heterocycles. The van der Waals surface area contributed by atoms with Gasteiger partial charge < -0.3 is 5.32 Å². The summed E-state index contributed by atoms with van der Waals surface area (Å²) in [6.07, 6.45) is 2.74. The topological polar surface area (TPSA) is 82.8 Å². The molecule has 1 aromatic heterocycles.